The highest BCUT2D eigenvalue weighted by Crippen LogP contribution is 2.25. The van der Waals surface area contributed by atoms with Crippen LogP contribution in [0.4, 0.5) is 0 Å². The summed E-state index contributed by atoms with van der Waals surface area (Å²) >= 11 is 1.67. The van der Waals surface area contributed by atoms with Gasteiger partial charge in [0.2, 0.25) is 4.96 Å². The summed E-state index contributed by atoms with van der Waals surface area (Å²) in [5.74, 6) is 1.50. The van der Waals surface area contributed by atoms with Crippen molar-refractivity contribution in [3.63, 3.8) is 0 Å². The molecule has 0 amide bonds. The molecule has 0 radical (unpaired) electrons. The third kappa shape index (κ3) is 3.30. The molecule has 22 heavy (non-hydrogen) atoms. The van der Waals surface area contributed by atoms with Gasteiger partial charge >= 0.3 is 0 Å². The van der Waals surface area contributed by atoms with Gasteiger partial charge in [0.25, 0.3) is 0 Å². The number of fused-ring (bicyclic) bond motifs is 1. The van der Waals surface area contributed by atoms with Gasteiger partial charge < -0.3 is 4.74 Å². The summed E-state index contributed by atoms with van der Waals surface area (Å²) in [6.07, 6.45) is 3.19. The van der Waals surface area contributed by atoms with Gasteiger partial charge in [0.1, 0.15) is 10.8 Å². The van der Waals surface area contributed by atoms with E-state index in [0.29, 0.717) is 5.92 Å². The fourth-order valence-electron chi connectivity index (χ4n) is 2.29. The van der Waals surface area contributed by atoms with E-state index >= 15 is 0 Å². The number of aromatic nitrogens is 3. The molecule has 1 aromatic carbocycles. The Balaban J connectivity index is 1.82. The molecule has 0 N–H and O–H groups in total. The molecule has 0 aliphatic heterocycles. The van der Waals surface area contributed by atoms with Gasteiger partial charge in [-0.15, -0.1) is 0 Å². The van der Waals surface area contributed by atoms with Crippen molar-refractivity contribution >= 4 is 16.3 Å². The highest BCUT2D eigenvalue weighted by Gasteiger charge is 2.11. The Morgan fingerprint density at radius 2 is 1.86 bits per heavy atom. The largest absolute Gasteiger partial charge is 0.491 e. The van der Waals surface area contributed by atoms with Crippen LogP contribution in [0, 0.1) is 5.92 Å². The zero-order chi connectivity index (χ0) is 15.7. The van der Waals surface area contributed by atoms with E-state index < -0.39 is 0 Å². The third-order valence-corrected chi connectivity index (χ3v) is 4.13. The molecule has 0 atom stereocenters. The number of nitrogens with zero attached hydrogens (tertiary/aromatic N) is 3. The number of benzene rings is 1. The van der Waals surface area contributed by atoms with Gasteiger partial charge in [-0.1, -0.05) is 25.2 Å². The van der Waals surface area contributed by atoms with Crippen molar-refractivity contribution < 1.29 is 4.74 Å². The Hall–Kier alpha value is -1.88. The Kier molecular flexibility index (Phi) is 4.16. The Morgan fingerprint density at radius 1 is 1.14 bits per heavy atom. The highest BCUT2D eigenvalue weighted by atomic mass is 32.1. The van der Waals surface area contributed by atoms with Crippen LogP contribution in [0.1, 0.15) is 32.7 Å². The number of imidazole rings is 1. The fourth-order valence-corrected chi connectivity index (χ4v) is 3.38. The van der Waals surface area contributed by atoms with Gasteiger partial charge in [0.05, 0.1) is 18.0 Å². The van der Waals surface area contributed by atoms with Gasteiger partial charge in [0.15, 0.2) is 0 Å². The predicted molar refractivity (Wildman–Crippen MR) is 90.6 cm³/mol. The molecule has 0 saturated heterocycles. The van der Waals surface area contributed by atoms with Crippen LogP contribution in [-0.4, -0.2) is 20.7 Å². The van der Waals surface area contributed by atoms with Crippen LogP contribution in [0.15, 0.2) is 30.5 Å². The minimum Gasteiger partial charge on any atom is -0.491 e. The SMILES string of the molecule is CC(C)Cc1nn2cc(-c3ccc(OC(C)C)cc3)nc2s1. The monoisotopic (exact) mass is 315 g/mol. The lowest BCUT2D eigenvalue weighted by molar-refractivity contribution is 0.242. The first kappa shape index (κ1) is 15.0. The summed E-state index contributed by atoms with van der Waals surface area (Å²) in [5.41, 5.74) is 2.03. The second-order valence-corrected chi connectivity index (χ2v) is 7.18. The van der Waals surface area contributed by atoms with Crippen LogP contribution in [0.2, 0.25) is 0 Å². The van der Waals surface area contributed by atoms with Crippen molar-refractivity contribution in [1.29, 1.82) is 0 Å². The van der Waals surface area contributed by atoms with Crippen LogP contribution in [0.25, 0.3) is 16.2 Å². The van der Waals surface area contributed by atoms with Gasteiger partial charge in [0, 0.05) is 12.0 Å². The Bertz CT molecular complexity index is 724. The number of hydrogen-bond donors (Lipinski definition) is 0. The number of ether oxygens (including phenoxy) is 1. The molecule has 2 heterocycles. The molecular weight excluding hydrogens is 294 g/mol. The lowest BCUT2D eigenvalue weighted by Crippen LogP contribution is -2.05. The van der Waals surface area contributed by atoms with Gasteiger partial charge in [-0.2, -0.15) is 5.10 Å². The van der Waals surface area contributed by atoms with Crippen LogP contribution in [0.3, 0.4) is 0 Å². The van der Waals surface area contributed by atoms with Crippen LogP contribution >= 0.6 is 11.3 Å². The second kappa shape index (κ2) is 6.08. The molecular formula is C17H21N3OS. The van der Waals surface area contributed by atoms with E-state index in [4.69, 9.17) is 4.74 Å². The minimum atomic E-state index is 0.187. The van der Waals surface area contributed by atoms with Crippen molar-refractivity contribution in [2.45, 2.75) is 40.2 Å². The van der Waals surface area contributed by atoms with Crippen LogP contribution < -0.4 is 4.74 Å². The molecule has 0 aliphatic rings. The Morgan fingerprint density at radius 3 is 2.45 bits per heavy atom. The Labute approximate surface area is 134 Å². The summed E-state index contributed by atoms with van der Waals surface area (Å²) in [4.78, 5) is 5.63. The van der Waals surface area contributed by atoms with E-state index in [9.17, 15) is 0 Å². The molecule has 0 saturated carbocycles. The first-order valence-corrected chi connectivity index (χ1v) is 8.45. The molecule has 2 aromatic heterocycles. The van der Waals surface area contributed by atoms with Crippen molar-refractivity contribution in [3.05, 3.63) is 35.5 Å². The molecule has 5 heteroatoms. The average Bonchev–Trinajstić information content (AvgIpc) is 2.96. The standard InChI is InChI=1S/C17H21N3OS/c1-11(2)9-16-19-20-10-15(18-17(20)22-16)13-5-7-14(8-6-13)21-12(3)4/h5-8,10-12H,9H2,1-4H3. The molecule has 3 aromatic rings. The van der Waals surface area contributed by atoms with E-state index in [1.54, 1.807) is 11.3 Å². The molecule has 4 nitrogen and oxygen atoms in total. The first-order chi connectivity index (χ1) is 10.5. The van der Waals surface area contributed by atoms with Crippen molar-refractivity contribution in [1.82, 2.24) is 14.6 Å². The average molecular weight is 315 g/mol. The summed E-state index contributed by atoms with van der Waals surface area (Å²) < 4.78 is 7.55. The quantitative estimate of drug-likeness (QED) is 0.698. The normalized spacial score (nSPS) is 11.7. The highest BCUT2D eigenvalue weighted by molar-refractivity contribution is 7.16. The van der Waals surface area contributed by atoms with E-state index in [-0.39, 0.29) is 6.10 Å². The fraction of sp³-hybridized carbons (Fsp3) is 0.412. The van der Waals surface area contributed by atoms with E-state index in [0.717, 1.165) is 33.4 Å². The van der Waals surface area contributed by atoms with Crippen LogP contribution in [0.5, 0.6) is 5.75 Å². The van der Waals surface area contributed by atoms with Gasteiger partial charge in [-0.05, 0) is 44.0 Å². The summed E-state index contributed by atoms with van der Waals surface area (Å²) in [5, 5.41) is 5.75. The molecule has 0 spiro atoms. The zero-order valence-corrected chi connectivity index (χ0v) is 14.2. The summed E-state index contributed by atoms with van der Waals surface area (Å²) in [6.45, 7) is 8.46. The number of rotatable bonds is 5. The lowest BCUT2D eigenvalue weighted by Gasteiger charge is -2.09. The molecule has 116 valence electrons. The van der Waals surface area contributed by atoms with Crippen molar-refractivity contribution in [3.8, 4) is 17.0 Å². The zero-order valence-electron chi connectivity index (χ0n) is 13.4. The summed E-state index contributed by atoms with van der Waals surface area (Å²) in [6, 6.07) is 8.05. The molecule has 0 aliphatic carbocycles. The van der Waals surface area contributed by atoms with Gasteiger partial charge in [-0.3, -0.25) is 0 Å². The van der Waals surface area contributed by atoms with Crippen molar-refractivity contribution in [2.24, 2.45) is 5.92 Å². The van der Waals surface area contributed by atoms with E-state index in [1.165, 1.54) is 0 Å². The molecule has 0 unspecified atom stereocenters. The smallest absolute Gasteiger partial charge is 0.212 e. The van der Waals surface area contributed by atoms with Gasteiger partial charge in [-0.25, -0.2) is 9.50 Å². The topological polar surface area (TPSA) is 39.4 Å². The second-order valence-electron chi connectivity index (χ2n) is 6.14. The van der Waals surface area contributed by atoms with E-state index in [1.807, 2.05) is 48.8 Å². The molecule has 0 fully saturated rings. The maximum Gasteiger partial charge on any atom is 0.212 e. The van der Waals surface area contributed by atoms with Crippen molar-refractivity contribution in [2.75, 3.05) is 0 Å². The minimum absolute atomic E-state index is 0.187. The summed E-state index contributed by atoms with van der Waals surface area (Å²) in [7, 11) is 0. The van der Waals surface area contributed by atoms with Crippen LogP contribution in [-0.2, 0) is 6.42 Å². The predicted octanol–water partition coefficient (Wildman–Crippen LogP) is 4.44. The first-order valence-electron chi connectivity index (χ1n) is 7.63. The molecule has 3 rings (SSSR count). The lowest BCUT2D eigenvalue weighted by atomic mass is 10.1. The maximum absolute atomic E-state index is 5.67. The van der Waals surface area contributed by atoms with E-state index in [2.05, 4.69) is 23.9 Å². The molecule has 0 bridgehead atoms. The number of hydrogen-bond acceptors (Lipinski definition) is 4. The maximum atomic E-state index is 5.67. The third-order valence-electron chi connectivity index (χ3n) is 3.19.